The molecule has 1 aliphatic rings. The van der Waals surface area contributed by atoms with E-state index in [1.807, 2.05) is 48.5 Å². The van der Waals surface area contributed by atoms with Gasteiger partial charge < -0.3 is 9.47 Å². The van der Waals surface area contributed by atoms with E-state index < -0.39 is 5.97 Å². The number of hydrogen-bond acceptors (Lipinski definition) is 4. The Bertz CT molecular complexity index is 1170. The summed E-state index contributed by atoms with van der Waals surface area (Å²) in [6.45, 7) is 0.448. The zero-order valence-electron chi connectivity index (χ0n) is 15.4. The van der Waals surface area contributed by atoms with Gasteiger partial charge in [0.05, 0.1) is 10.6 Å². The summed E-state index contributed by atoms with van der Waals surface area (Å²) in [5.74, 6) is 0.339. The van der Waals surface area contributed by atoms with Crippen molar-refractivity contribution in [3.05, 3.63) is 104 Å². The lowest BCUT2D eigenvalue weighted by Gasteiger charge is -2.08. The molecule has 0 amide bonds. The van der Waals surface area contributed by atoms with Crippen LogP contribution in [0.1, 0.15) is 16.7 Å². The fourth-order valence-electron chi connectivity index (χ4n) is 2.78. The van der Waals surface area contributed by atoms with Crippen LogP contribution in [0.3, 0.4) is 0 Å². The summed E-state index contributed by atoms with van der Waals surface area (Å²) in [6, 6.07) is 20.2. The predicted molar refractivity (Wildman–Crippen MR) is 122 cm³/mol. The number of rotatable bonds is 5. The maximum absolute atomic E-state index is 12.2. The van der Waals surface area contributed by atoms with E-state index in [0.29, 0.717) is 22.2 Å². The van der Waals surface area contributed by atoms with E-state index in [2.05, 4.69) is 20.9 Å². The van der Waals surface area contributed by atoms with Gasteiger partial charge >= 0.3 is 5.97 Å². The summed E-state index contributed by atoms with van der Waals surface area (Å²) >= 11 is 15.6. The molecule has 0 saturated carbocycles. The van der Waals surface area contributed by atoms with Crippen LogP contribution in [0.5, 0.6) is 5.75 Å². The molecule has 30 heavy (non-hydrogen) atoms. The molecular formula is C23H14BrCl2NO3. The highest BCUT2D eigenvalue weighted by Gasteiger charge is 2.25. The van der Waals surface area contributed by atoms with Crippen LogP contribution in [-0.2, 0) is 16.1 Å². The van der Waals surface area contributed by atoms with Crippen molar-refractivity contribution in [3.63, 3.8) is 0 Å². The molecule has 0 radical (unpaired) electrons. The standard InChI is InChI=1S/C23H14BrCl2NO3/c24-19-4-2-1-3-15(19)13-29-17-8-5-14(6-9-17)11-21-23(28)30-22(27-21)18-10-7-16(25)12-20(18)26/h1-12H,13H2/b21-11-. The molecule has 3 aromatic carbocycles. The first-order valence-corrected chi connectivity index (χ1v) is 10.5. The van der Waals surface area contributed by atoms with Crippen LogP contribution in [0, 0.1) is 0 Å². The normalized spacial score (nSPS) is 14.6. The average molecular weight is 503 g/mol. The number of nitrogens with zero attached hydrogens (tertiary/aromatic N) is 1. The monoisotopic (exact) mass is 501 g/mol. The Morgan fingerprint density at radius 1 is 1.03 bits per heavy atom. The van der Waals surface area contributed by atoms with Crippen molar-refractivity contribution < 1.29 is 14.3 Å². The summed E-state index contributed by atoms with van der Waals surface area (Å²) in [5, 5.41) is 0.855. The lowest BCUT2D eigenvalue weighted by atomic mass is 10.2. The maximum atomic E-state index is 12.2. The zero-order chi connectivity index (χ0) is 21.1. The molecule has 0 N–H and O–H groups in total. The molecule has 0 spiro atoms. The van der Waals surface area contributed by atoms with Crippen LogP contribution < -0.4 is 4.74 Å². The molecule has 4 rings (SSSR count). The van der Waals surface area contributed by atoms with E-state index in [0.717, 1.165) is 21.3 Å². The number of cyclic esters (lactones) is 1. The number of aliphatic imine (C=N–C) groups is 1. The Kier molecular flexibility index (Phi) is 6.23. The number of ether oxygens (including phenoxy) is 2. The maximum Gasteiger partial charge on any atom is 0.363 e. The number of carbonyl (C=O) groups is 1. The number of esters is 1. The third-order valence-electron chi connectivity index (χ3n) is 4.32. The molecule has 0 aliphatic carbocycles. The van der Waals surface area contributed by atoms with Crippen molar-refractivity contribution in [1.82, 2.24) is 0 Å². The van der Waals surface area contributed by atoms with Gasteiger partial charge in [-0.2, -0.15) is 0 Å². The van der Waals surface area contributed by atoms with Gasteiger partial charge in [0, 0.05) is 15.1 Å². The summed E-state index contributed by atoms with van der Waals surface area (Å²) in [7, 11) is 0. The molecule has 0 fully saturated rings. The Morgan fingerprint density at radius 2 is 1.80 bits per heavy atom. The average Bonchev–Trinajstić information content (AvgIpc) is 3.08. The minimum atomic E-state index is -0.537. The van der Waals surface area contributed by atoms with Gasteiger partial charge in [-0.1, -0.05) is 69.5 Å². The number of hydrogen-bond donors (Lipinski definition) is 0. The van der Waals surface area contributed by atoms with E-state index in [1.165, 1.54) is 0 Å². The Labute approximate surface area is 191 Å². The molecule has 0 unspecified atom stereocenters. The topological polar surface area (TPSA) is 47.9 Å². The van der Waals surface area contributed by atoms with Crippen LogP contribution >= 0.6 is 39.1 Å². The van der Waals surface area contributed by atoms with Gasteiger partial charge in [0.2, 0.25) is 5.90 Å². The van der Waals surface area contributed by atoms with E-state index in [4.69, 9.17) is 32.7 Å². The minimum Gasteiger partial charge on any atom is -0.489 e. The van der Waals surface area contributed by atoms with Crippen LogP contribution in [0.25, 0.3) is 6.08 Å². The second-order valence-corrected chi connectivity index (χ2v) is 8.11. The highest BCUT2D eigenvalue weighted by molar-refractivity contribution is 9.10. The molecular weight excluding hydrogens is 489 g/mol. The molecule has 0 atom stereocenters. The van der Waals surface area contributed by atoms with Crippen molar-refractivity contribution in [3.8, 4) is 5.75 Å². The molecule has 1 heterocycles. The third kappa shape index (κ3) is 4.75. The van der Waals surface area contributed by atoms with Gasteiger partial charge in [-0.25, -0.2) is 9.79 Å². The number of benzene rings is 3. The van der Waals surface area contributed by atoms with Crippen LogP contribution in [0.15, 0.2) is 81.9 Å². The zero-order valence-corrected chi connectivity index (χ0v) is 18.5. The van der Waals surface area contributed by atoms with Crippen molar-refractivity contribution in [2.75, 3.05) is 0 Å². The Hall–Kier alpha value is -2.60. The molecule has 150 valence electrons. The molecule has 0 saturated heterocycles. The molecule has 7 heteroatoms. The van der Waals surface area contributed by atoms with E-state index in [-0.39, 0.29) is 11.6 Å². The summed E-state index contributed by atoms with van der Waals surface area (Å²) in [5.41, 5.74) is 2.55. The van der Waals surface area contributed by atoms with Crippen molar-refractivity contribution in [1.29, 1.82) is 0 Å². The highest BCUT2D eigenvalue weighted by atomic mass is 79.9. The Morgan fingerprint density at radius 3 is 2.53 bits per heavy atom. The first kappa shape index (κ1) is 20.7. The minimum absolute atomic E-state index is 0.154. The summed E-state index contributed by atoms with van der Waals surface area (Å²) in [4.78, 5) is 16.5. The molecule has 1 aliphatic heterocycles. The molecule has 3 aromatic rings. The lowest BCUT2D eigenvalue weighted by Crippen LogP contribution is -2.05. The van der Waals surface area contributed by atoms with Gasteiger partial charge in [-0.05, 0) is 48.0 Å². The first-order chi connectivity index (χ1) is 14.5. The summed E-state index contributed by atoms with van der Waals surface area (Å²) in [6.07, 6.45) is 1.65. The van der Waals surface area contributed by atoms with Crippen LogP contribution in [-0.4, -0.2) is 11.9 Å². The van der Waals surface area contributed by atoms with Gasteiger partial charge in [0.25, 0.3) is 0 Å². The van der Waals surface area contributed by atoms with Crippen LogP contribution in [0.4, 0.5) is 0 Å². The molecule has 4 nitrogen and oxygen atoms in total. The largest absolute Gasteiger partial charge is 0.489 e. The number of carbonyl (C=O) groups excluding carboxylic acids is 1. The Balaban J connectivity index is 1.48. The highest BCUT2D eigenvalue weighted by Crippen LogP contribution is 2.27. The van der Waals surface area contributed by atoms with Gasteiger partial charge in [0.1, 0.15) is 12.4 Å². The van der Waals surface area contributed by atoms with E-state index >= 15 is 0 Å². The number of halogens is 3. The predicted octanol–water partition coefficient (Wildman–Crippen LogP) is 6.68. The smallest absolute Gasteiger partial charge is 0.363 e. The second kappa shape index (κ2) is 9.04. The van der Waals surface area contributed by atoms with Crippen molar-refractivity contribution in [2.45, 2.75) is 6.61 Å². The third-order valence-corrected chi connectivity index (χ3v) is 5.64. The van der Waals surface area contributed by atoms with Gasteiger partial charge in [-0.15, -0.1) is 0 Å². The van der Waals surface area contributed by atoms with Crippen molar-refractivity contribution >= 4 is 57.1 Å². The quantitative estimate of drug-likeness (QED) is 0.289. The van der Waals surface area contributed by atoms with E-state index in [1.54, 1.807) is 24.3 Å². The van der Waals surface area contributed by atoms with Crippen molar-refractivity contribution in [2.24, 2.45) is 4.99 Å². The second-order valence-electron chi connectivity index (χ2n) is 6.41. The fraction of sp³-hybridized carbons (Fsp3) is 0.0435. The van der Waals surface area contributed by atoms with Crippen LogP contribution in [0.2, 0.25) is 10.0 Å². The first-order valence-electron chi connectivity index (χ1n) is 8.94. The fourth-order valence-corrected chi connectivity index (χ4v) is 3.67. The van der Waals surface area contributed by atoms with Gasteiger partial charge in [-0.3, -0.25) is 0 Å². The van der Waals surface area contributed by atoms with Gasteiger partial charge in [0.15, 0.2) is 5.70 Å². The van der Waals surface area contributed by atoms with E-state index in [9.17, 15) is 4.79 Å². The molecule has 0 bridgehead atoms. The lowest BCUT2D eigenvalue weighted by molar-refractivity contribution is -0.129. The SMILES string of the molecule is O=C1OC(c2ccc(Cl)cc2Cl)=N/C1=C\c1ccc(OCc2ccccc2Br)cc1. The molecule has 0 aromatic heterocycles. The summed E-state index contributed by atoms with van der Waals surface area (Å²) < 4.78 is 12.1.